The Morgan fingerprint density at radius 1 is 1.23 bits per heavy atom. The number of fused-ring (bicyclic) bond motifs is 2. The van der Waals surface area contributed by atoms with E-state index in [1.54, 1.807) is 11.3 Å². The highest BCUT2D eigenvalue weighted by molar-refractivity contribution is 7.17. The maximum absolute atomic E-state index is 13.6. The van der Waals surface area contributed by atoms with Crippen molar-refractivity contribution in [2.45, 2.75) is 44.6 Å². The zero-order valence-corrected chi connectivity index (χ0v) is 21.7. The predicted octanol–water partition coefficient (Wildman–Crippen LogP) is 2.94. The maximum Gasteiger partial charge on any atom is 0.318 e. The molecule has 0 saturated carbocycles. The summed E-state index contributed by atoms with van der Waals surface area (Å²) in [7, 11) is 4.05. The molecule has 2 aliphatic rings. The second-order valence-corrected chi connectivity index (χ2v) is 11.2. The van der Waals surface area contributed by atoms with Crippen molar-refractivity contribution >= 4 is 33.4 Å². The van der Waals surface area contributed by atoms with Crippen LogP contribution in [0, 0.1) is 12.8 Å². The number of likely N-dealkylation sites (N-methyl/N-ethyl adjacent to an activating group) is 1. The molecule has 0 spiro atoms. The summed E-state index contributed by atoms with van der Waals surface area (Å²) in [5.74, 6) is 1.74. The number of amides is 2. The minimum absolute atomic E-state index is 0.0424. The van der Waals surface area contributed by atoms with Gasteiger partial charge in [0.15, 0.2) is 0 Å². The number of nitrogens with one attached hydrogen (secondary N) is 4. The van der Waals surface area contributed by atoms with Crippen molar-refractivity contribution in [2.75, 3.05) is 32.5 Å². The highest BCUT2D eigenvalue weighted by Crippen LogP contribution is 2.38. The number of anilines is 1. The van der Waals surface area contributed by atoms with Gasteiger partial charge in [-0.15, -0.1) is 11.3 Å². The van der Waals surface area contributed by atoms with E-state index in [9.17, 15) is 4.79 Å². The van der Waals surface area contributed by atoms with Crippen molar-refractivity contribution in [3.63, 3.8) is 0 Å². The Labute approximate surface area is 210 Å². The van der Waals surface area contributed by atoms with Crippen molar-refractivity contribution in [3.05, 3.63) is 53.2 Å². The number of aryl methyl sites for hydroxylation is 1. The molecule has 1 aromatic carbocycles. The van der Waals surface area contributed by atoms with Crippen molar-refractivity contribution in [1.29, 1.82) is 0 Å². The molecule has 3 aromatic rings. The predicted molar refractivity (Wildman–Crippen MR) is 140 cm³/mol. The summed E-state index contributed by atoms with van der Waals surface area (Å²) in [6, 6.07) is 12.1. The highest BCUT2D eigenvalue weighted by atomic mass is 32.1. The maximum atomic E-state index is 13.6. The molecule has 0 bridgehead atoms. The van der Waals surface area contributed by atoms with Crippen LogP contribution in [0.4, 0.5) is 10.6 Å². The molecule has 4 N–H and O–H groups in total. The molecule has 186 valence electrons. The molecule has 35 heavy (non-hydrogen) atoms. The average Bonchev–Trinajstić information content (AvgIpc) is 3.50. The fourth-order valence-corrected chi connectivity index (χ4v) is 6.12. The zero-order chi connectivity index (χ0) is 24.7. The topological polar surface area (TPSA) is 97.5 Å². The number of thiophene rings is 1. The summed E-state index contributed by atoms with van der Waals surface area (Å²) >= 11 is 1.63. The third kappa shape index (κ3) is 4.58. The van der Waals surface area contributed by atoms with Crippen LogP contribution >= 0.6 is 11.3 Å². The fraction of sp³-hybridized carbons (Fsp3) is 0.480. The summed E-state index contributed by atoms with van der Waals surface area (Å²) < 4.78 is 1.04. The first kappa shape index (κ1) is 23.9. The van der Waals surface area contributed by atoms with Crippen LogP contribution in [-0.2, 0) is 0 Å². The third-order valence-corrected chi connectivity index (χ3v) is 8.01. The molecule has 0 radical (unpaired) electrons. The first-order valence-corrected chi connectivity index (χ1v) is 12.9. The van der Waals surface area contributed by atoms with Crippen LogP contribution in [0.3, 0.4) is 0 Å². The number of nitrogens with zero attached hydrogens (tertiary/aromatic N) is 4. The molecule has 2 aliphatic heterocycles. The molecule has 3 unspecified atom stereocenters. The number of urea groups is 1. The molecule has 4 heterocycles. The molecule has 2 fully saturated rings. The number of hydrogen-bond donors (Lipinski definition) is 4. The van der Waals surface area contributed by atoms with E-state index < -0.39 is 0 Å². The lowest BCUT2D eigenvalue weighted by atomic mass is 9.90. The standard InChI is InChI=1S/C25H34N8OS/c1-15-26-18-11-12-35-20(18)23(27-15)29-22-17-13-33(25(2,3)21(17)30-31-22)24(34)28-19(14-32(4)5)16-9-7-6-8-10-16/h6-12,17,19,21-22,30-31H,13-14H2,1-5H3,(H,28,34)(H,26,27,29)/t17?,19-,21?,22?/m1/s1. The van der Waals surface area contributed by atoms with Crippen molar-refractivity contribution in [2.24, 2.45) is 5.92 Å². The lowest BCUT2D eigenvalue weighted by Crippen LogP contribution is -2.57. The van der Waals surface area contributed by atoms with Gasteiger partial charge in [0.25, 0.3) is 0 Å². The molecule has 10 heteroatoms. The van der Waals surface area contributed by atoms with E-state index in [-0.39, 0.29) is 35.7 Å². The molecular weight excluding hydrogens is 460 g/mol. The van der Waals surface area contributed by atoms with E-state index >= 15 is 0 Å². The van der Waals surface area contributed by atoms with Crippen LogP contribution in [-0.4, -0.2) is 70.7 Å². The van der Waals surface area contributed by atoms with Gasteiger partial charge in [0.2, 0.25) is 0 Å². The van der Waals surface area contributed by atoms with Crippen molar-refractivity contribution in [3.8, 4) is 0 Å². The SMILES string of the molecule is Cc1nc(NC2NNC3C2CN(C(=O)N[C@H](CN(C)C)c2ccccc2)C3(C)C)c2sccc2n1. The number of carbonyl (C=O) groups excluding carboxylic acids is 1. The summed E-state index contributed by atoms with van der Waals surface area (Å²) in [5.41, 5.74) is 8.54. The number of likely N-dealkylation sites (tertiary alicyclic amines) is 1. The average molecular weight is 495 g/mol. The second-order valence-electron chi connectivity index (χ2n) is 10.2. The molecule has 5 rings (SSSR count). The number of hydrogen-bond acceptors (Lipinski definition) is 8. The molecular formula is C25H34N8OS. The van der Waals surface area contributed by atoms with E-state index in [4.69, 9.17) is 0 Å². The quantitative estimate of drug-likeness (QED) is 0.418. The van der Waals surface area contributed by atoms with Crippen LogP contribution in [0.25, 0.3) is 10.2 Å². The van der Waals surface area contributed by atoms with Gasteiger partial charge in [0, 0.05) is 19.0 Å². The molecule has 9 nitrogen and oxygen atoms in total. The van der Waals surface area contributed by atoms with Crippen LogP contribution in [0.2, 0.25) is 0 Å². The first-order chi connectivity index (χ1) is 16.7. The molecule has 2 saturated heterocycles. The summed E-state index contributed by atoms with van der Waals surface area (Å²) in [6.45, 7) is 7.52. The monoisotopic (exact) mass is 494 g/mol. The Hall–Kier alpha value is -2.79. The van der Waals surface area contributed by atoms with Gasteiger partial charge >= 0.3 is 6.03 Å². The minimum Gasteiger partial charge on any atom is -0.352 e. The smallest absolute Gasteiger partial charge is 0.318 e. The van der Waals surface area contributed by atoms with Crippen LogP contribution < -0.4 is 21.5 Å². The lowest BCUT2D eigenvalue weighted by molar-refractivity contribution is 0.145. The normalized spacial score (nSPS) is 24.1. The Bertz CT molecular complexity index is 1200. The van der Waals surface area contributed by atoms with E-state index in [0.29, 0.717) is 6.54 Å². The van der Waals surface area contributed by atoms with Gasteiger partial charge in [-0.3, -0.25) is 5.43 Å². The molecule has 2 aromatic heterocycles. The minimum atomic E-state index is -0.378. The lowest BCUT2D eigenvalue weighted by Gasteiger charge is -2.37. The number of benzene rings is 1. The van der Waals surface area contributed by atoms with Gasteiger partial charge in [0.05, 0.1) is 34.0 Å². The van der Waals surface area contributed by atoms with Gasteiger partial charge in [-0.1, -0.05) is 30.3 Å². The highest BCUT2D eigenvalue weighted by Gasteiger charge is 2.55. The number of aromatic nitrogens is 2. The van der Waals surface area contributed by atoms with Crippen LogP contribution in [0.1, 0.15) is 31.3 Å². The Balaban J connectivity index is 1.34. The van der Waals surface area contributed by atoms with Crippen molar-refractivity contribution in [1.82, 2.24) is 35.9 Å². The Morgan fingerprint density at radius 3 is 2.74 bits per heavy atom. The summed E-state index contributed by atoms with van der Waals surface area (Å²) in [5, 5.41) is 8.93. The number of rotatable bonds is 6. The van der Waals surface area contributed by atoms with E-state index in [1.807, 2.05) is 55.6 Å². The molecule has 4 atom stereocenters. The van der Waals surface area contributed by atoms with E-state index in [2.05, 4.69) is 62.3 Å². The van der Waals surface area contributed by atoms with Crippen LogP contribution in [0.5, 0.6) is 0 Å². The van der Waals surface area contributed by atoms with Gasteiger partial charge in [-0.2, -0.15) is 0 Å². The van der Waals surface area contributed by atoms with E-state index in [1.165, 1.54) is 0 Å². The summed E-state index contributed by atoms with van der Waals surface area (Å²) in [6.07, 6.45) is -0.0663. The zero-order valence-electron chi connectivity index (χ0n) is 20.9. The van der Waals surface area contributed by atoms with Gasteiger partial charge in [-0.25, -0.2) is 20.2 Å². The Morgan fingerprint density at radius 2 is 2.00 bits per heavy atom. The van der Waals surface area contributed by atoms with Crippen molar-refractivity contribution < 1.29 is 4.79 Å². The third-order valence-electron chi connectivity index (χ3n) is 7.10. The van der Waals surface area contributed by atoms with Gasteiger partial charge < -0.3 is 20.4 Å². The summed E-state index contributed by atoms with van der Waals surface area (Å²) in [4.78, 5) is 26.9. The van der Waals surface area contributed by atoms with E-state index in [0.717, 1.165) is 34.0 Å². The van der Waals surface area contributed by atoms with Gasteiger partial charge in [0.1, 0.15) is 11.6 Å². The largest absolute Gasteiger partial charge is 0.352 e. The fourth-order valence-electron chi connectivity index (χ4n) is 5.34. The first-order valence-electron chi connectivity index (χ1n) is 12.0. The van der Waals surface area contributed by atoms with Gasteiger partial charge in [-0.05, 0) is 51.9 Å². The number of hydrazine groups is 1. The Kier molecular flexibility index (Phi) is 6.39. The molecule has 2 amide bonds. The molecule has 0 aliphatic carbocycles. The van der Waals surface area contributed by atoms with Crippen LogP contribution in [0.15, 0.2) is 41.8 Å². The second kappa shape index (κ2) is 9.34. The number of carbonyl (C=O) groups is 1.